The molecule has 0 radical (unpaired) electrons. The molecule has 2 rings (SSSR count). The van der Waals surface area contributed by atoms with E-state index in [0.29, 0.717) is 24.5 Å². The number of halogens is 6. The first kappa shape index (κ1) is 24.9. The molecule has 1 heterocycles. The molecule has 1 aromatic heterocycles. The number of ether oxygens (including phenoxy) is 1. The Kier molecular flexibility index (Phi) is 7.00. The van der Waals surface area contributed by atoms with Crippen LogP contribution in [0.1, 0.15) is 42.5 Å². The number of rotatable bonds is 6. The standard InChI is InChI=1S/C19H19F6N5O2/c1-4-27-16(26)32-17(2,3)18(21,22)11-7-10(5-6-12(11)20)30-15(31)13-8-29-14(9-28-13)19(23,24)25/h5-9H,4H2,1-3H3,(H2,26,27)(H,30,31). The Labute approximate surface area is 178 Å². The molecule has 0 aliphatic carbocycles. The Bertz CT molecular complexity index is 1010. The van der Waals surface area contributed by atoms with Crippen molar-refractivity contribution in [1.29, 1.82) is 0 Å². The maximum Gasteiger partial charge on any atom is 0.434 e. The van der Waals surface area contributed by atoms with E-state index in [9.17, 15) is 22.4 Å². The number of nitrogens with two attached hydrogens (primary N) is 1. The molecule has 1 amide bonds. The summed E-state index contributed by atoms with van der Waals surface area (Å²) in [6.07, 6.45) is -3.83. The van der Waals surface area contributed by atoms with Gasteiger partial charge in [-0.15, -0.1) is 0 Å². The van der Waals surface area contributed by atoms with Crippen LogP contribution in [0.15, 0.2) is 35.6 Å². The number of amides is 1. The van der Waals surface area contributed by atoms with E-state index in [0.717, 1.165) is 19.9 Å². The van der Waals surface area contributed by atoms with E-state index < -0.39 is 52.4 Å². The average Bonchev–Trinajstić information content (AvgIpc) is 2.68. The van der Waals surface area contributed by atoms with Crippen molar-refractivity contribution in [2.24, 2.45) is 10.7 Å². The first-order valence-corrected chi connectivity index (χ1v) is 9.06. The van der Waals surface area contributed by atoms with Crippen molar-refractivity contribution in [2.45, 2.75) is 38.5 Å². The molecule has 0 aliphatic heterocycles. The zero-order chi connectivity index (χ0) is 24.3. The Morgan fingerprint density at radius 3 is 2.34 bits per heavy atom. The van der Waals surface area contributed by atoms with E-state index in [1.54, 1.807) is 6.92 Å². The summed E-state index contributed by atoms with van der Waals surface area (Å²) in [5.74, 6) is -6.26. The molecule has 1 aromatic carbocycles. The van der Waals surface area contributed by atoms with Gasteiger partial charge in [0.1, 0.15) is 11.5 Å². The van der Waals surface area contributed by atoms with Crippen LogP contribution in [0.3, 0.4) is 0 Å². The largest absolute Gasteiger partial charge is 0.453 e. The molecule has 7 nitrogen and oxygen atoms in total. The van der Waals surface area contributed by atoms with Crippen LogP contribution in [-0.2, 0) is 16.8 Å². The lowest BCUT2D eigenvalue weighted by atomic mass is 9.92. The van der Waals surface area contributed by atoms with Gasteiger partial charge in [0, 0.05) is 12.2 Å². The topological polar surface area (TPSA) is 102 Å². The predicted molar refractivity (Wildman–Crippen MR) is 103 cm³/mol. The SMILES string of the molecule is CCN=C(N)OC(C)(C)C(F)(F)c1cc(NC(=O)c2cnc(C(F)(F)F)cn2)ccc1F. The summed E-state index contributed by atoms with van der Waals surface area (Å²) in [4.78, 5) is 22.3. The van der Waals surface area contributed by atoms with Gasteiger partial charge in [-0.3, -0.25) is 4.79 Å². The number of aliphatic imine (C=N–C) groups is 1. The number of carbonyl (C=O) groups excluding carboxylic acids is 1. The van der Waals surface area contributed by atoms with E-state index in [1.807, 2.05) is 0 Å². The monoisotopic (exact) mass is 463 g/mol. The Morgan fingerprint density at radius 1 is 1.16 bits per heavy atom. The van der Waals surface area contributed by atoms with Crippen LogP contribution in [0.4, 0.5) is 32.0 Å². The lowest BCUT2D eigenvalue weighted by molar-refractivity contribution is -0.162. The van der Waals surface area contributed by atoms with Gasteiger partial charge in [-0.1, -0.05) is 0 Å². The number of anilines is 1. The molecule has 13 heteroatoms. The molecule has 0 aliphatic rings. The highest BCUT2D eigenvalue weighted by molar-refractivity contribution is 6.02. The first-order chi connectivity index (χ1) is 14.7. The number of benzene rings is 1. The molecule has 0 unspecified atom stereocenters. The number of nitrogens with zero attached hydrogens (tertiary/aromatic N) is 3. The summed E-state index contributed by atoms with van der Waals surface area (Å²) in [5.41, 5.74) is -0.0786. The van der Waals surface area contributed by atoms with Crippen LogP contribution in [-0.4, -0.2) is 34.0 Å². The average molecular weight is 463 g/mol. The van der Waals surface area contributed by atoms with Crippen molar-refractivity contribution >= 4 is 17.6 Å². The highest BCUT2D eigenvalue weighted by Gasteiger charge is 2.52. The van der Waals surface area contributed by atoms with E-state index in [4.69, 9.17) is 10.5 Å². The van der Waals surface area contributed by atoms with Crippen molar-refractivity contribution in [2.75, 3.05) is 11.9 Å². The zero-order valence-corrected chi connectivity index (χ0v) is 17.1. The van der Waals surface area contributed by atoms with Gasteiger partial charge in [0.25, 0.3) is 11.9 Å². The molecule has 174 valence electrons. The number of hydrogen-bond donors (Lipinski definition) is 2. The van der Waals surface area contributed by atoms with Crippen LogP contribution in [0.2, 0.25) is 0 Å². The summed E-state index contributed by atoms with van der Waals surface area (Å²) >= 11 is 0. The minimum atomic E-state index is -4.75. The first-order valence-electron chi connectivity index (χ1n) is 9.06. The van der Waals surface area contributed by atoms with Gasteiger partial charge in [-0.25, -0.2) is 19.4 Å². The number of nitrogens with one attached hydrogen (secondary N) is 1. The number of aromatic nitrogens is 2. The molecule has 32 heavy (non-hydrogen) atoms. The van der Waals surface area contributed by atoms with Crippen molar-refractivity contribution in [1.82, 2.24) is 9.97 Å². The summed E-state index contributed by atoms with van der Waals surface area (Å²) in [7, 11) is 0. The molecular formula is C19H19F6N5O2. The molecule has 0 fully saturated rings. The summed E-state index contributed by atoms with van der Waals surface area (Å²) in [6.45, 7) is 3.74. The van der Waals surface area contributed by atoms with Crippen LogP contribution >= 0.6 is 0 Å². The Morgan fingerprint density at radius 2 is 1.81 bits per heavy atom. The normalized spacial score (nSPS) is 13.1. The molecule has 0 bridgehead atoms. The molecule has 0 saturated heterocycles. The fourth-order valence-corrected chi connectivity index (χ4v) is 2.47. The van der Waals surface area contributed by atoms with E-state index >= 15 is 8.78 Å². The highest BCUT2D eigenvalue weighted by Crippen LogP contribution is 2.43. The second-order valence-electron chi connectivity index (χ2n) is 6.93. The molecule has 0 spiro atoms. The van der Waals surface area contributed by atoms with Crippen LogP contribution in [0.25, 0.3) is 0 Å². The van der Waals surface area contributed by atoms with Gasteiger partial charge < -0.3 is 15.8 Å². The van der Waals surface area contributed by atoms with Gasteiger partial charge in [-0.2, -0.15) is 22.0 Å². The Hall–Kier alpha value is -3.38. The zero-order valence-electron chi connectivity index (χ0n) is 17.1. The van der Waals surface area contributed by atoms with Gasteiger partial charge in [0.05, 0.1) is 18.0 Å². The molecule has 0 atom stereocenters. The summed E-state index contributed by atoms with van der Waals surface area (Å²) < 4.78 is 87.0. The quantitative estimate of drug-likeness (QED) is 0.381. The van der Waals surface area contributed by atoms with Crippen molar-refractivity contribution in [3.05, 3.63) is 53.4 Å². The number of hydrogen-bond acceptors (Lipinski definition) is 5. The maximum absolute atomic E-state index is 15.1. The number of carbonyl (C=O) groups is 1. The molecule has 2 aromatic rings. The number of alkyl halides is 5. The molecule has 0 saturated carbocycles. The number of amidine groups is 1. The highest BCUT2D eigenvalue weighted by atomic mass is 19.4. The van der Waals surface area contributed by atoms with E-state index in [2.05, 4.69) is 20.3 Å². The van der Waals surface area contributed by atoms with Crippen LogP contribution in [0.5, 0.6) is 0 Å². The van der Waals surface area contributed by atoms with Crippen molar-refractivity contribution in [3.63, 3.8) is 0 Å². The van der Waals surface area contributed by atoms with E-state index in [1.165, 1.54) is 0 Å². The lowest BCUT2D eigenvalue weighted by Gasteiger charge is -2.34. The Balaban J connectivity index is 2.30. The second-order valence-corrected chi connectivity index (χ2v) is 6.93. The summed E-state index contributed by atoms with van der Waals surface area (Å²) in [6, 6.07) is 1.84. The minimum absolute atomic E-state index is 0.177. The third kappa shape index (κ3) is 5.45. The van der Waals surface area contributed by atoms with Crippen LogP contribution < -0.4 is 11.1 Å². The van der Waals surface area contributed by atoms with Gasteiger partial charge in [0.2, 0.25) is 0 Å². The smallest absolute Gasteiger partial charge is 0.434 e. The van der Waals surface area contributed by atoms with Crippen LogP contribution in [0, 0.1) is 5.82 Å². The van der Waals surface area contributed by atoms with Gasteiger partial charge in [-0.05, 0) is 39.0 Å². The fraction of sp³-hybridized carbons (Fsp3) is 0.368. The second kappa shape index (κ2) is 9.01. The molecular weight excluding hydrogens is 444 g/mol. The van der Waals surface area contributed by atoms with Gasteiger partial charge >= 0.3 is 12.1 Å². The summed E-state index contributed by atoms with van der Waals surface area (Å²) in [5, 5.41) is 2.16. The fourth-order valence-electron chi connectivity index (χ4n) is 2.47. The maximum atomic E-state index is 15.1. The molecule has 3 N–H and O–H groups in total. The third-order valence-corrected chi connectivity index (χ3v) is 4.17. The van der Waals surface area contributed by atoms with Crippen molar-refractivity contribution < 1.29 is 35.9 Å². The minimum Gasteiger partial charge on any atom is -0.453 e. The van der Waals surface area contributed by atoms with Crippen molar-refractivity contribution in [3.8, 4) is 0 Å². The van der Waals surface area contributed by atoms with Gasteiger partial charge in [0.15, 0.2) is 11.3 Å². The van der Waals surface area contributed by atoms with E-state index in [-0.39, 0.29) is 12.2 Å². The predicted octanol–water partition coefficient (Wildman–Crippen LogP) is 4.11. The lowest BCUT2D eigenvalue weighted by Crippen LogP contribution is -2.46. The third-order valence-electron chi connectivity index (χ3n) is 4.17.